The summed E-state index contributed by atoms with van der Waals surface area (Å²) in [6, 6.07) is 17.6. The van der Waals surface area contributed by atoms with E-state index in [1.54, 1.807) is 48.5 Å². The Labute approximate surface area is 227 Å². The van der Waals surface area contributed by atoms with Crippen molar-refractivity contribution in [2.45, 2.75) is 26.8 Å². The van der Waals surface area contributed by atoms with Crippen LogP contribution in [0.4, 0.5) is 5.69 Å². The number of ketones is 1. The van der Waals surface area contributed by atoms with Gasteiger partial charge in [0.25, 0.3) is 11.7 Å². The highest BCUT2D eigenvalue weighted by atomic mass is 16.5. The molecular weight excluding hydrogens is 498 g/mol. The molecule has 202 valence electrons. The lowest BCUT2D eigenvalue weighted by Crippen LogP contribution is -2.29. The average Bonchev–Trinajstić information content (AvgIpc) is 3.21. The molecule has 3 aromatic rings. The second kappa shape index (κ2) is 11.4. The van der Waals surface area contributed by atoms with Gasteiger partial charge < -0.3 is 19.3 Å². The highest BCUT2D eigenvalue weighted by Crippen LogP contribution is 2.44. The van der Waals surface area contributed by atoms with E-state index in [9.17, 15) is 19.5 Å². The quantitative estimate of drug-likeness (QED) is 0.179. The van der Waals surface area contributed by atoms with Crippen LogP contribution in [0.1, 0.15) is 46.9 Å². The summed E-state index contributed by atoms with van der Waals surface area (Å²) in [5.74, 6) is -1.56. The molecular formula is C31H31NO7. The summed E-state index contributed by atoms with van der Waals surface area (Å²) in [6.45, 7) is 6.08. The Hall–Kier alpha value is -4.59. The molecule has 0 bridgehead atoms. The molecule has 8 heteroatoms. The van der Waals surface area contributed by atoms with E-state index in [4.69, 9.17) is 14.2 Å². The van der Waals surface area contributed by atoms with Gasteiger partial charge in [-0.3, -0.25) is 14.5 Å². The molecule has 1 unspecified atom stereocenters. The van der Waals surface area contributed by atoms with Gasteiger partial charge in [-0.25, -0.2) is 4.79 Å². The molecule has 39 heavy (non-hydrogen) atoms. The first-order valence-corrected chi connectivity index (χ1v) is 12.5. The number of amides is 1. The van der Waals surface area contributed by atoms with Crippen LogP contribution in [0.3, 0.4) is 0 Å². The van der Waals surface area contributed by atoms with E-state index < -0.39 is 23.7 Å². The molecule has 8 nitrogen and oxygen atoms in total. The van der Waals surface area contributed by atoms with Gasteiger partial charge in [0.05, 0.1) is 43.6 Å². The van der Waals surface area contributed by atoms with E-state index in [2.05, 4.69) is 0 Å². The number of nitrogens with zero attached hydrogens (tertiary/aromatic N) is 1. The number of aliphatic hydroxyl groups excluding tert-OH is 1. The zero-order valence-electron chi connectivity index (χ0n) is 22.6. The lowest BCUT2D eigenvalue weighted by molar-refractivity contribution is -0.132. The highest BCUT2D eigenvalue weighted by Gasteiger charge is 2.47. The Kier molecular flexibility index (Phi) is 8.04. The molecule has 1 amide bonds. The third-order valence-electron chi connectivity index (χ3n) is 6.39. The largest absolute Gasteiger partial charge is 0.507 e. The van der Waals surface area contributed by atoms with Crippen LogP contribution in [0.5, 0.6) is 11.5 Å². The van der Waals surface area contributed by atoms with Crippen LogP contribution in [0.2, 0.25) is 0 Å². The number of carbonyl (C=O) groups excluding carboxylic acids is 3. The second-order valence-corrected chi connectivity index (χ2v) is 9.69. The smallest absolute Gasteiger partial charge is 0.338 e. The van der Waals surface area contributed by atoms with Gasteiger partial charge >= 0.3 is 5.97 Å². The number of hydrogen-bond acceptors (Lipinski definition) is 7. The van der Waals surface area contributed by atoms with Crippen molar-refractivity contribution in [1.29, 1.82) is 0 Å². The average molecular weight is 530 g/mol. The van der Waals surface area contributed by atoms with E-state index in [1.807, 2.05) is 39.0 Å². The van der Waals surface area contributed by atoms with Crippen molar-refractivity contribution in [3.05, 3.63) is 94.6 Å². The molecule has 0 aromatic heterocycles. The van der Waals surface area contributed by atoms with Gasteiger partial charge in [-0.05, 0) is 60.9 Å². The highest BCUT2D eigenvalue weighted by molar-refractivity contribution is 6.51. The lowest BCUT2D eigenvalue weighted by Gasteiger charge is -2.26. The van der Waals surface area contributed by atoms with Gasteiger partial charge in [0.2, 0.25) is 0 Å². The van der Waals surface area contributed by atoms with Crippen LogP contribution >= 0.6 is 0 Å². The number of esters is 1. The fourth-order valence-electron chi connectivity index (χ4n) is 4.48. The summed E-state index contributed by atoms with van der Waals surface area (Å²) >= 11 is 0. The first-order chi connectivity index (χ1) is 18.7. The number of ether oxygens (including phenoxy) is 3. The molecule has 1 atom stereocenters. The van der Waals surface area contributed by atoms with Gasteiger partial charge in [-0.1, -0.05) is 43.7 Å². The monoisotopic (exact) mass is 529 g/mol. The minimum Gasteiger partial charge on any atom is -0.507 e. The Morgan fingerprint density at radius 1 is 0.974 bits per heavy atom. The molecule has 3 aromatic carbocycles. The number of anilines is 1. The predicted molar refractivity (Wildman–Crippen MR) is 147 cm³/mol. The number of hydrogen-bond donors (Lipinski definition) is 1. The maximum absolute atomic E-state index is 13.5. The minimum absolute atomic E-state index is 0.0856. The number of benzene rings is 3. The van der Waals surface area contributed by atoms with Crippen molar-refractivity contribution in [3.8, 4) is 11.5 Å². The molecule has 1 N–H and O–H groups in total. The summed E-state index contributed by atoms with van der Waals surface area (Å²) < 4.78 is 16.0. The van der Waals surface area contributed by atoms with Crippen molar-refractivity contribution in [1.82, 2.24) is 0 Å². The second-order valence-electron chi connectivity index (χ2n) is 9.69. The van der Waals surface area contributed by atoms with E-state index in [0.717, 1.165) is 5.56 Å². The van der Waals surface area contributed by atoms with Crippen molar-refractivity contribution >= 4 is 29.1 Å². The minimum atomic E-state index is -0.931. The van der Waals surface area contributed by atoms with Crippen LogP contribution in [0.25, 0.3) is 5.76 Å². The Morgan fingerprint density at radius 2 is 1.69 bits per heavy atom. The molecule has 1 heterocycles. The zero-order valence-corrected chi connectivity index (χ0v) is 22.6. The van der Waals surface area contributed by atoms with Gasteiger partial charge in [0.15, 0.2) is 0 Å². The summed E-state index contributed by atoms with van der Waals surface area (Å²) in [7, 11) is 2.93. The molecule has 1 aliphatic heterocycles. The summed E-state index contributed by atoms with van der Waals surface area (Å²) in [4.78, 5) is 40.7. The Balaban J connectivity index is 1.85. The topological polar surface area (TPSA) is 102 Å². The van der Waals surface area contributed by atoms with E-state index in [-0.39, 0.29) is 29.4 Å². The van der Waals surface area contributed by atoms with Crippen molar-refractivity contribution in [2.24, 2.45) is 5.92 Å². The number of aliphatic hydroxyl groups is 1. The molecule has 1 fully saturated rings. The molecule has 0 radical (unpaired) electrons. The Bertz CT molecular complexity index is 1440. The molecule has 1 saturated heterocycles. The molecule has 0 aliphatic carbocycles. The fourth-order valence-corrected chi connectivity index (χ4v) is 4.48. The maximum atomic E-state index is 13.5. The van der Waals surface area contributed by atoms with Crippen molar-refractivity contribution in [2.75, 3.05) is 25.7 Å². The van der Waals surface area contributed by atoms with Crippen LogP contribution in [0.15, 0.2) is 72.3 Å². The Morgan fingerprint density at radius 3 is 2.31 bits per heavy atom. The third-order valence-corrected chi connectivity index (χ3v) is 6.39. The maximum Gasteiger partial charge on any atom is 0.338 e. The third kappa shape index (κ3) is 5.50. The van der Waals surface area contributed by atoms with Crippen molar-refractivity contribution in [3.63, 3.8) is 0 Å². The van der Waals surface area contributed by atoms with Gasteiger partial charge in [-0.15, -0.1) is 0 Å². The predicted octanol–water partition coefficient (Wildman–Crippen LogP) is 5.45. The van der Waals surface area contributed by atoms with Gasteiger partial charge in [-0.2, -0.15) is 0 Å². The number of aryl methyl sites for hydroxylation is 1. The molecule has 4 rings (SSSR count). The van der Waals surface area contributed by atoms with Crippen LogP contribution < -0.4 is 14.4 Å². The number of carbonyl (C=O) groups is 3. The summed E-state index contributed by atoms with van der Waals surface area (Å²) in [5.41, 5.74) is 2.40. The first kappa shape index (κ1) is 27.4. The van der Waals surface area contributed by atoms with Crippen LogP contribution in [-0.4, -0.2) is 43.6 Å². The standard InChI is InChI=1S/C31H31NO7/c1-18(2)17-39-31(36)20-9-11-22(12-10-20)32-27(21-8-6-7-19(3)15-21)26(29(34)30(32)35)28(33)24-16-23(37-4)13-14-25(24)38-5/h6-16,18,27,33H,17H2,1-5H3/b28-26+. The molecule has 0 saturated carbocycles. The number of Topliss-reactive ketones (excluding diaryl/α,β-unsaturated/α-hetero) is 1. The summed E-state index contributed by atoms with van der Waals surface area (Å²) in [6.07, 6.45) is 0. The molecule has 0 spiro atoms. The van der Waals surface area contributed by atoms with Gasteiger partial charge in [0, 0.05) is 5.69 Å². The first-order valence-electron chi connectivity index (χ1n) is 12.5. The van der Waals surface area contributed by atoms with Crippen LogP contribution in [0, 0.1) is 12.8 Å². The lowest BCUT2D eigenvalue weighted by atomic mass is 9.94. The molecule has 1 aliphatic rings. The van der Waals surface area contributed by atoms with E-state index in [0.29, 0.717) is 28.3 Å². The summed E-state index contributed by atoms with van der Waals surface area (Å²) in [5, 5.41) is 11.5. The number of methoxy groups -OCH3 is 2. The SMILES string of the molecule is COc1ccc(OC)c(/C(O)=C2\C(=O)C(=O)N(c3ccc(C(=O)OCC(C)C)cc3)C2c2cccc(C)c2)c1. The van der Waals surface area contributed by atoms with E-state index in [1.165, 1.54) is 19.1 Å². The zero-order chi connectivity index (χ0) is 28.3. The van der Waals surface area contributed by atoms with Gasteiger partial charge in [0.1, 0.15) is 17.3 Å². The van der Waals surface area contributed by atoms with Crippen LogP contribution in [-0.2, 0) is 14.3 Å². The van der Waals surface area contributed by atoms with Crippen molar-refractivity contribution < 1.29 is 33.7 Å². The fraction of sp³-hybridized carbons (Fsp3) is 0.258. The van der Waals surface area contributed by atoms with E-state index >= 15 is 0 Å². The normalized spacial score (nSPS) is 16.5. The number of rotatable bonds is 8.